The number of allylic oxidation sites excluding steroid dienone is 1. The molecule has 1 fully saturated rings. The van der Waals surface area contributed by atoms with E-state index in [0.29, 0.717) is 24.2 Å². The zero-order valence-corrected chi connectivity index (χ0v) is 18.5. The number of carbonyl (C=O) groups excluding carboxylic acids is 1. The summed E-state index contributed by atoms with van der Waals surface area (Å²) in [4.78, 5) is 33.9. The first-order valence-electron chi connectivity index (χ1n) is 10.3. The molecule has 0 unspecified atom stereocenters. The highest BCUT2D eigenvalue weighted by atomic mass is 32.2. The minimum atomic E-state index is -0.348. The van der Waals surface area contributed by atoms with Crippen LogP contribution in [0.5, 0.6) is 0 Å². The average Bonchev–Trinajstić information content (AvgIpc) is 3.36. The quantitative estimate of drug-likeness (QED) is 0.322. The van der Waals surface area contributed by atoms with E-state index < -0.39 is 0 Å². The molecule has 1 saturated carbocycles. The fraction of sp³-hybridized carbons (Fsp3) is 0.348. The number of para-hydroxylation sites is 1. The lowest BCUT2D eigenvalue weighted by atomic mass is 10.1. The van der Waals surface area contributed by atoms with E-state index in [1.165, 1.54) is 28.7 Å². The van der Waals surface area contributed by atoms with Crippen LogP contribution in [0.2, 0.25) is 0 Å². The number of rotatable bonds is 6. The Kier molecular flexibility index (Phi) is 5.03. The molecule has 0 saturated heterocycles. The van der Waals surface area contributed by atoms with Crippen LogP contribution in [0.15, 0.2) is 52.3 Å². The predicted octanol–water partition coefficient (Wildman–Crippen LogP) is 4.59. The van der Waals surface area contributed by atoms with Gasteiger partial charge in [0, 0.05) is 18.8 Å². The van der Waals surface area contributed by atoms with E-state index in [1.807, 2.05) is 30.0 Å². The third kappa shape index (κ3) is 3.30. The van der Waals surface area contributed by atoms with Crippen LogP contribution in [0, 0.1) is 0 Å². The van der Waals surface area contributed by atoms with E-state index in [4.69, 9.17) is 4.98 Å². The van der Waals surface area contributed by atoms with Crippen molar-refractivity contribution in [2.24, 2.45) is 0 Å². The first kappa shape index (κ1) is 19.6. The zero-order chi connectivity index (χ0) is 20.8. The molecule has 0 radical (unpaired) electrons. The number of benzene rings is 1. The second-order valence-electron chi connectivity index (χ2n) is 7.87. The van der Waals surface area contributed by atoms with Crippen molar-refractivity contribution in [3.05, 3.63) is 63.8 Å². The monoisotopic (exact) mass is 437 g/mol. The minimum Gasteiger partial charge on any atom is -0.311 e. The van der Waals surface area contributed by atoms with Gasteiger partial charge in [-0.1, -0.05) is 36.0 Å². The Morgan fingerprint density at radius 1 is 1.40 bits per heavy atom. The lowest BCUT2D eigenvalue weighted by molar-refractivity contribution is -0.117. The molecule has 1 atom stereocenters. The summed E-state index contributed by atoms with van der Waals surface area (Å²) in [6, 6.07) is 8.05. The lowest BCUT2D eigenvalue weighted by Gasteiger charge is -2.22. The number of hydrogen-bond acceptors (Lipinski definition) is 5. The molecule has 0 N–H and O–H groups in total. The van der Waals surface area contributed by atoms with Crippen molar-refractivity contribution in [2.45, 2.75) is 49.1 Å². The van der Waals surface area contributed by atoms with Crippen molar-refractivity contribution < 1.29 is 4.79 Å². The SMILES string of the molecule is C=CCn1c(S[C@H](C)C(=O)N2CCc3ccccc32)nc2scc(C3CC3)c2c1=O. The van der Waals surface area contributed by atoms with Gasteiger partial charge in [0.05, 0.1) is 10.6 Å². The van der Waals surface area contributed by atoms with E-state index in [2.05, 4.69) is 18.0 Å². The normalized spacial score (nSPS) is 16.6. The van der Waals surface area contributed by atoms with Gasteiger partial charge in [0.25, 0.3) is 5.56 Å². The van der Waals surface area contributed by atoms with Crippen LogP contribution in [0.3, 0.4) is 0 Å². The summed E-state index contributed by atoms with van der Waals surface area (Å²) in [7, 11) is 0. The molecule has 3 aromatic rings. The number of thioether (sulfide) groups is 1. The fourth-order valence-electron chi connectivity index (χ4n) is 4.10. The van der Waals surface area contributed by atoms with Gasteiger partial charge in [-0.2, -0.15) is 0 Å². The van der Waals surface area contributed by atoms with E-state index in [1.54, 1.807) is 10.6 Å². The Balaban J connectivity index is 1.47. The lowest BCUT2D eigenvalue weighted by Crippen LogP contribution is -2.35. The molecular formula is C23H23N3O2S2. The van der Waals surface area contributed by atoms with Gasteiger partial charge in [-0.3, -0.25) is 14.2 Å². The van der Waals surface area contributed by atoms with Crippen LogP contribution in [0.25, 0.3) is 10.2 Å². The highest BCUT2D eigenvalue weighted by Crippen LogP contribution is 2.44. The van der Waals surface area contributed by atoms with Gasteiger partial charge in [0.1, 0.15) is 4.83 Å². The molecule has 5 rings (SSSR count). The van der Waals surface area contributed by atoms with Crippen molar-refractivity contribution >= 4 is 44.9 Å². The molecule has 3 heterocycles. The van der Waals surface area contributed by atoms with E-state index in [0.717, 1.165) is 40.7 Å². The van der Waals surface area contributed by atoms with Crippen LogP contribution >= 0.6 is 23.1 Å². The Hall–Kier alpha value is -2.38. The molecule has 5 nitrogen and oxygen atoms in total. The highest BCUT2D eigenvalue weighted by molar-refractivity contribution is 8.00. The molecule has 7 heteroatoms. The van der Waals surface area contributed by atoms with Gasteiger partial charge >= 0.3 is 0 Å². The average molecular weight is 438 g/mol. The third-order valence-electron chi connectivity index (χ3n) is 5.80. The minimum absolute atomic E-state index is 0.0169. The van der Waals surface area contributed by atoms with Gasteiger partial charge in [-0.15, -0.1) is 17.9 Å². The van der Waals surface area contributed by atoms with Gasteiger partial charge in [-0.05, 0) is 54.7 Å². The van der Waals surface area contributed by atoms with Gasteiger partial charge in [0.2, 0.25) is 5.91 Å². The summed E-state index contributed by atoms with van der Waals surface area (Å²) in [5, 5.41) is 3.07. The van der Waals surface area contributed by atoms with Crippen LogP contribution < -0.4 is 10.5 Å². The maximum Gasteiger partial charge on any atom is 0.263 e. The summed E-state index contributed by atoms with van der Waals surface area (Å²) in [5.41, 5.74) is 3.32. The molecule has 30 heavy (non-hydrogen) atoms. The highest BCUT2D eigenvalue weighted by Gasteiger charge is 2.31. The summed E-state index contributed by atoms with van der Waals surface area (Å²) in [6.07, 6.45) is 4.88. The number of fused-ring (bicyclic) bond motifs is 2. The van der Waals surface area contributed by atoms with Crippen molar-refractivity contribution in [3.63, 3.8) is 0 Å². The van der Waals surface area contributed by atoms with Gasteiger partial charge < -0.3 is 4.90 Å². The van der Waals surface area contributed by atoms with Crippen LogP contribution in [0.4, 0.5) is 5.69 Å². The number of nitrogens with zero attached hydrogens (tertiary/aromatic N) is 3. The molecule has 1 aliphatic heterocycles. The molecule has 154 valence electrons. The molecule has 1 aliphatic carbocycles. The fourth-order valence-corrected chi connectivity index (χ4v) is 6.14. The Bertz CT molecular complexity index is 1210. The molecule has 1 aromatic carbocycles. The molecule has 0 spiro atoms. The van der Waals surface area contributed by atoms with Crippen LogP contribution in [0.1, 0.15) is 36.8 Å². The number of aromatic nitrogens is 2. The summed E-state index contributed by atoms with van der Waals surface area (Å²) in [5.74, 6) is 0.550. The zero-order valence-electron chi connectivity index (χ0n) is 16.8. The Labute approximate surface area is 183 Å². The van der Waals surface area contributed by atoms with E-state index in [9.17, 15) is 9.59 Å². The van der Waals surface area contributed by atoms with Crippen LogP contribution in [-0.2, 0) is 17.8 Å². The number of amides is 1. The number of hydrogen-bond donors (Lipinski definition) is 0. The van der Waals surface area contributed by atoms with Crippen molar-refractivity contribution in [1.29, 1.82) is 0 Å². The van der Waals surface area contributed by atoms with E-state index >= 15 is 0 Å². The largest absolute Gasteiger partial charge is 0.311 e. The van der Waals surface area contributed by atoms with Gasteiger partial charge in [-0.25, -0.2) is 4.98 Å². The van der Waals surface area contributed by atoms with Crippen molar-refractivity contribution in [2.75, 3.05) is 11.4 Å². The maximum atomic E-state index is 13.3. The standard InChI is InChI=1S/C23H23N3O2S2/c1-3-11-26-22(28)19-17(15-8-9-15)13-29-20(19)24-23(26)30-14(2)21(27)25-12-10-16-6-4-5-7-18(16)25/h3-7,13-15H,1,8-12H2,2H3/t14-/m1/s1. The van der Waals surface area contributed by atoms with Crippen LogP contribution in [-0.4, -0.2) is 27.3 Å². The summed E-state index contributed by atoms with van der Waals surface area (Å²) >= 11 is 2.89. The first-order chi connectivity index (χ1) is 14.6. The number of anilines is 1. The maximum absolute atomic E-state index is 13.3. The second-order valence-corrected chi connectivity index (χ2v) is 10.0. The van der Waals surface area contributed by atoms with Gasteiger partial charge in [0.15, 0.2) is 5.16 Å². The Morgan fingerprint density at radius 2 is 2.20 bits per heavy atom. The first-order valence-corrected chi connectivity index (χ1v) is 12.0. The smallest absolute Gasteiger partial charge is 0.263 e. The van der Waals surface area contributed by atoms with E-state index in [-0.39, 0.29) is 16.7 Å². The second kappa shape index (κ2) is 7.71. The third-order valence-corrected chi connectivity index (χ3v) is 7.77. The Morgan fingerprint density at radius 3 is 2.97 bits per heavy atom. The predicted molar refractivity (Wildman–Crippen MR) is 124 cm³/mol. The molecule has 0 bridgehead atoms. The topological polar surface area (TPSA) is 55.2 Å². The summed E-state index contributed by atoms with van der Waals surface area (Å²) in [6.45, 7) is 6.79. The molecule has 1 amide bonds. The van der Waals surface area contributed by atoms with Crippen molar-refractivity contribution in [1.82, 2.24) is 9.55 Å². The molecular weight excluding hydrogens is 414 g/mol. The molecule has 2 aromatic heterocycles. The number of carbonyl (C=O) groups is 1. The molecule has 2 aliphatic rings. The van der Waals surface area contributed by atoms with Crippen molar-refractivity contribution in [3.8, 4) is 0 Å². The number of thiophene rings is 1. The summed E-state index contributed by atoms with van der Waals surface area (Å²) < 4.78 is 1.67.